The van der Waals surface area contributed by atoms with E-state index in [0.29, 0.717) is 5.82 Å². The second-order valence-corrected chi connectivity index (χ2v) is 6.37. The zero-order chi connectivity index (χ0) is 18.0. The number of fused-ring (bicyclic) bond motifs is 1. The zero-order valence-electron chi connectivity index (χ0n) is 13.9. The Morgan fingerprint density at radius 2 is 2.00 bits per heavy atom. The number of benzene rings is 1. The van der Waals surface area contributed by atoms with Gasteiger partial charge in [0.15, 0.2) is 0 Å². The van der Waals surface area contributed by atoms with Crippen LogP contribution in [-0.2, 0) is 10.2 Å². The van der Waals surface area contributed by atoms with Gasteiger partial charge in [0.2, 0.25) is 5.95 Å². The number of aromatic nitrogens is 4. The number of aromatic amines is 1. The molecule has 8 nitrogen and oxygen atoms in total. The molecule has 8 heteroatoms. The molecule has 1 fully saturated rings. The van der Waals surface area contributed by atoms with Crippen LogP contribution in [0.2, 0.25) is 0 Å². The topological polar surface area (TPSA) is 144 Å². The number of nitrogens with two attached hydrogens (primary N) is 2. The van der Waals surface area contributed by atoms with Gasteiger partial charge in [0.05, 0.1) is 11.2 Å². The molecule has 1 aromatic carbocycles. The molecule has 1 aliphatic carbocycles. The first-order chi connectivity index (χ1) is 12.0. The largest absolute Gasteiger partial charge is 0.483 e. The first-order valence-electron chi connectivity index (χ1n) is 7.93. The maximum atomic E-state index is 8.36. The summed E-state index contributed by atoms with van der Waals surface area (Å²) >= 11 is 0. The Hall–Kier alpha value is -3.16. The van der Waals surface area contributed by atoms with E-state index in [2.05, 4.69) is 33.2 Å². The number of carbonyl (C=O) groups is 1. The first kappa shape index (κ1) is 16.7. The van der Waals surface area contributed by atoms with Gasteiger partial charge in [0, 0.05) is 17.1 Å². The number of nitrogen functional groups attached to an aromatic ring is 2. The second-order valence-electron chi connectivity index (χ2n) is 6.37. The van der Waals surface area contributed by atoms with Gasteiger partial charge in [-0.15, -0.1) is 0 Å². The average Bonchev–Trinajstić information content (AvgIpc) is 3.06. The lowest BCUT2D eigenvalue weighted by Crippen LogP contribution is -2.31. The van der Waals surface area contributed by atoms with Gasteiger partial charge in [-0.1, -0.05) is 13.3 Å². The Kier molecular flexibility index (Phi) is 4.26. The standard InChI is InChI=1S/C16H18N6.CH2O2/c1-16(4-2-5-16)10-7-9(11-3-6-19-22-11)8-12-13(10)14(17)21-15(18)20-12;2-1-3/h3,6-8H,2,4-5H2,1H3,(H,19,22)(H4,17,18,20,21);1H,(H,2,3). The zero-order valence-corrected chi connectivity index (χ0v) is 13.9. The summed E-state index contributed by atoms with van der Waals surface area (Å²) in [6, 6.07) is 6.12. The van der Waals surface area contributed by atoms with Crippen LogP contribution in [-0.4, -0.2) is 31.7 Å². The Morgan fingerprint density at radius 1 is 1.28 bits per heavy atom. The lowest BCUT2D eigenvalue weighted by molar-refractivity contribution is -0.122. The van der Waals surface area contributed by atoms with Gasteiger partial charge in [-0.25, -0.2) is 4.98 Å². The number of rotatable bonds is 2. The van der Waals surface area contributed by atoms with Crippen molar-refractivity contribution in [2.45, 2.75) is 31.6 Å². The third-order valence-electron chi connectivity index (χ3n) is 4.76. The summed E-state index contributed by atoms with van der Waals surface area (Å²) in [4.78, 5) is 16.9. The number of nitrogens with zero attached hydrogens (tertiary/aromatic N) is 3. The molecule has 2 aromatic heterocycles. The predicted molar refractivity (Wildman–Crippen MR) is 95.8 cm³/mol. The van der Waals surface area contributed by atoms with Crippen LogP contribution in [0.25, 0.3) is 22.2 Å². The number of nitrogens with one attached hydrogen (secondary N) is 1. The quantitative estimate of drug-likeness (QED) is 0.524. The summed E-state index contributed by atoms with van der Waals surface area (Å²) in [6.45, 7) is 2.03. The molecule has 25 heavy (non-hydrogen) atoms. The summed E-state index contributed by atoms with van der Waals surface area (Å²) in [6.07, 6.45) is 5.28. The molecule has 0 spiro atoms. The van der Waals surface area contributed by atoms with E-state index in [-0.39, 0.29) is 17.8 Å². The van der Waals surface area contributed by atoms with Crippen molar-refractivity contribution in [2.24, 2.45) is 0 Å². The molecule has 130 valence electrons. The van der Waals surface area contributed by atoms with Crippen LogP contribution in [0.5, 0.6) is 0 Å². The molecule has 3 aromatic rings. The molecular weight excluding hydrogens is 320 g/mol. The van der Waals surface area contributed by atoms with Crippen LogP contribution in [0.3, 0.4) is 0 Å². The first-order valence-corrected chi connectivity index (χ1v) is 7.93. The van der Waals surface area contributed by atoms with E-state index in [4.69, 9.17) is 21.4 Å². The van der Waals surface area contributed by atoms with E-state index in [0.717, 1.165) is 35.0 Å². The van der Waals surface area contributed by atoms with Crippen molar-refractivity contribution in [3.8, 4) is 11.3 Å². The Morgan fingerprint density at radius 3 is 2.56 bits per heavy atom. The third kappa shape index (κ3) is 2.98. The Balaban J connectivity index is 0.000000569. The van der Waals surface area contributed by atoms with Crippen LogP contribution < -0.4 is 11.5 Å². The second kappa shape index (κ2) is 6.39. The summed E-state index contributed by atoms with van der Waals surface area (Å²) < 4.78 is 0. The van der Waals surface area contributed by atoms with Gasteiger partial charge in [0.25, 0.3) is 6.47 Å². The molecule has 0 bridgehead atoms. The van der Waals surface area contributed by atoms with Gasteiger partial charge in [-0.05, 0) is 42.0 Å². The Bertz CT molecular complexity index is 903. The molecule has 0 saturated heterocycles. The minimum absolute atomic E-state index is 0.127. The van der Waals surface area contributed by atoms with Crippen LogP contribution >= 0.6 is 0 Å². The molecule has 0 radical (unpaired) electrons. The van der Waals surface area contributed by atoms with E-state index >= 15 is 0 Å². The molecule has 1 aliphatic rings. The minimum atomic E-state index is -0.250. The summed E-state index contributed by atoms with van der Waals surface area (Å²) in [7, 11) is 0. The number of hydrogen-bond donors (Lipinski definition) is 4. The van der Waals surface area contributed by atoms with Gasteiger partial charge < -0.3 is 16.6 Å². The van der Waals surface area contributed by atoms with Gasteiger partial charge >= 0.3 is 0 Å². The van der Waals surface area contributed by atoms with E-state index in [1.807, 2.05) is 12.1 Å². The SMILES string of the molecule is CC1(c2cc(-c3ccn[nH]3)cc3nc(N)nc(N)c23)CCC1.O=CO. The average molecular weight is 340 g/mol. The van der Waals surface area contributed by atoms with Crippen molar-refractivity contribution in [1.82, 2.24) is 20.2 Å². The van der Waals surface area contributed by atoms with Crippen LogP contribution in [0.4, 0.5) is 11.8 Å². The van der Waals surface area contributed by atoms with E-state index in [1.54, 1.807) is 6.20 Å². The fourth-order valence-corrected chi connectivity index (χ4v) is 3.34. The van der Waals surface area contributed by atoms with Crippen LogP contribution in [0.15, 0.2) is 24.4 Å². The summed E-state index contributed by atoms with van der Waals surface area (Å²) in [5, 5.41) is 14.9. The predicted octanol–water partition coefficient (Wildman–Crippen LogP) is 2.33. The highest BCUT2D eigenvalue weighted by atomic mass is 16.3. The minimum Gasteiger partial charge on any atom is -0.483 e. The molecule has 0 atom stereocenters. The van der Waals surface area contributed by atoms with Gasteiger partial charge in [-0.3, -0.25) is 9.89 Å². The molecule has 2 heterocycles. The van der Waals surface area contributed by atoms with Crippen molar-refractivity contribution >= 4 is 29.1 Å². The van der Waals surface area contributed by atoms with E-state index < -0.39 is 0 Å². The normalized spacial score (nSPS) is 15.1. The molecule has 4 rings (SSSR count). The smallest absolute Gasteiger partial charge is 0.290 e. The highest BCUT2D eigenvalue weighted by molar-refractivity contribution is 5.95. The Labute approximate surface area is 144 Å². The van der Waals surface area contributed by atoms with Gasteiger partial charge in [-0.2, -0.15) is 10.1 Å². The lowest BCUT2D eigenvalue weighted by Gasteiger charge is -2.40. The summed E-state index contributed by atoms with van der Waals surface area (Å²) in [5.74, 6) is 0.665. The van der Waals surface area contributed by atoms with E-state index in [1.165, 1.54) is 12.0 Å². The monoisotopic (exact) mass is 340 g/mol. The highest BCUT2D eigenvalue weighted by Crippen LogP contribution is 2.47. The fraction of sp³-hybridized carbons (Fsp3) is 0.294. The van der Waals surface area contributed by atoms with Crippen molar-refractivity contribution in [3.05, 3.63) is 30.0 Å². The van der Waals surface area contributed by atoms with Crippen LogP contribution in [0, 0.1) is 0 Å². The van der Waals surface area contributed by atoms with Crippen molar-refractivity contribution in [1.29, 1.82) is 0 Å². The number of hydrogen-bond acceptors (Lipinski definition) is 6. The molecule has 1 saturated carbocycles. The maximum Gasteiger partial charge on any atom is 0.290 e. The van der Waals surface area contributed by atoms with Crippen LogP contribution in [0.1, 0.15) is 31.7 Å². The number of carboxylic acid groups (broad SMARTS) is 1. The molecule has 0 amide bonds. The van der Waals surface area contributed by atoms with Crippen molar-refractivity contribution in [3.63, 3.8) is 0 Å². The fourth-order valence-electron chi connectivity index (χ4n) is 3.34. The molecule has 0 aliphatic heterocycles. The molecule has 0 unspecified atom stereocenters. The highest BCUT2D eigenvalue weighted by Gasteiger charge is 2.36. The molecule has 6 N–H and O–H groups in total. The molecular formula is C17H20N6O2. The number of anilines is 2. The van der Waals surface area contributed by atoms with Crippen molar-refractivity contribution < 1.29 is 9.90 Å². The maximum absolute atomic E-state index is 8.36. The third-order valence-corrected chi connectivity index (χ3v) is 4.76. The van der Waals surface area contributed by atoms with Crippen molar-refractivity contribution in [2.75, 3.05) is 11.5 Å². The number of H-pyrrole nitrogens is 1. The van der Waals surface area contributed by atoms with E-state index in [9.17, 15) is 0 Å². The van der Waals surface area contributed by atoms with Gasteiger partial charge in [0.1, 0.15) is 5.82 Å². The lowest BCUT2D eigenvalue weighted by atomic mass is 9.65. The summed E-state index contributed by atoms with van der Waals surface area (Å²) in [5.41, 5.74) is 16.1.